The average molecular weight is 519 g/mol. The maximum Gasteiger partial charge on any atom is 0.251 e. The van der Waals surface area contributed by atoms with Gasteiger partial charge in [-0.25, -0.2) is 0 Å². The summed E-state index contributed by atoms with van der Waals surface area (Å²) in [7, 11) is 1.57. The van der Waals surface area contributed by atoms with Gasteiger partial charge in [-0.2, -0.15) is 4.80 Å². The van der Waals surface area contributed by atoms with Gasteiger partial charge in [0, 0.05) is 11.7 Å². The molecular formula is C27H30N6O5. The molecule has 38 heavy (non-hydrogen) atoms. The summed E-state index contributed by atoms with van der Waals surface area (Å²) < 4.78 is 16.8. The first kappa shape index (κ1) is 25.2. The van der Waals surface area contributed by atoms with Crippen LogP contribution in [0.3, 0.4) is 0 Å². The van der Waals surface area contributed by atoms with Crippen LogP contribution >= 0.6 is 0 Å². The first-order valence-corrected chi connectivity index (χ1v) is 12.6. The lowest BCUT2D eigenvalue weighted by Gasteiger charge is -2.30. The molecule has 1 atom stereocenters. The number of nitrogens with one attached hydrogen (secondary N) is 1. The normalized spacial score (nSPS) is 14.4. The molecule has 3 aromatic heterocycles. The van der Waals surface area contributed by atoms with Crippen molar-refractivity contribution < 1.29 is 23.2 Å². The predicted octanol–water partition coefficient (Wildman–Crippen LogP) is 3.98. The second-order valence-corrected chi connectivity index (χ2v) is 9.36. The summed E-state index contributed by atoms with van der Waals surface area (Å²) in [6, 6.07) is 13.0. The van der Waals surface area contributed by atoms with Crippen LogP contribution in [-0.2, 0) is 16.1 Å². The highest BCUT2D eigenvalue weighted by molar-refractivity contribution is 6.01. The van der Waals surface area contributed by atoms with Crippen LogP contribution in [-0.4, -0.2) is 45.2 Å². The molecule has 1 saturated carbocycles. The number of anilines is 1. The lowest BCUT2D eigenvalue weighted by molar-refractivity contribution is -0.128. The molecule has 3 heterocycles. The number of hydrogen-bond acceptors (Lipinski definition) is 8. The highest BCUT2D eigenvalue weighted by atomic mass is 16.5. The zero-order valence-electron chi connectivity index (χ0n) is 21.6. The smallest absolute Gasteiger partial charge is 0.251 e. The Hall–Kier alpha value is -4.41. The summed E-state index contributed by atoms with van der Waals surface area (Å²) in [5, 5.41) is 15.5. The predicted molar refractivity (Wildman–Crippen MR) is 137 cm³/mol. The van der Waals surface area contributed by atoms with Crippen molar-refractivity contribution in [2.24, 2.45) is 0 Å². The molecule has 1 fully saturated rings. The van der Waals surface area contributed by atoms with Crippen molar-refractivity contribution in [1.82, 2.24) is 25.5 Å². The van der Waals surface area contributed by atoms with Crippen LogP contribution < -0.4 is 15.0 Å². The molecule has 11 heteroatoms. The number of rotatable bonds is 9. The zero-order chi connectivity index (χ0) is 26.6. The third-order valence-electron chi connectivity index (χ3n) is 6.55. The van der Waals surface area contributed by atoms with Gasteiger partial charge in [0.1, 0.15) is 29.6 Å². The number of amides is 2. The molecule has 4 aromatic rings. The van der Waals surface area contributed by atoms with E-state index >= 15 is 0 Å². The lowest BCUT2D eigenvalue weighted by Crippen LogP contribution is -2.47. The Morgan fingerprint density at radius 2 is 1.76 bits per heavy atom. The second kappa shape index (κ2) is 10.9. The monoisotopic (exact) mass is 518 g/mol. The summed E-state index contributed by atoms with van der Waals surface area (Å²) in [6.45, 7) is 3.36. The van der Waals surface area contributed by atoms with E-state index in [4.69, 9.17) is 13.6 Å². The number of benzene rings is 1. The molecule has 0 radical (unpaired) electrons. The number of methoxy groups -OCH3 is 1. The van der Waals surface area contributed by atoms with Crippen molar-refractivity contribution in [1.29, 1.82) is 0 Å². The SMILES string of the molecule is COc1ccc(N(C(=O)Cn2nnc(-c3ccc(C)o3)n2)[C@@H](C(=O)NC2CCCC2)c2ccc(C)o2)cc1. The van der Waals surface area contributed by atoms with Crippen LogP contribution in [0.5, 0.6) is 5.75 Å². The Morgan fingerprint density at radius 1 is 1.05 bits per heavy atom. The largest absolute Gasteiger partial charge is 0.497 e. The molecule has 1 N–H and O–H groups in total. The van der Waals surface area contributed by atoms with Gasteiger partial charge in [0.2, 0.25) is 5.82 Å². The molecule has 1 aliphatic rings. The Bertz CT molecular complexity index is 1400. The fraction of sp³-hybridized carbons (Fsp3) is 0.370. The standard InChI is InChI=1S/C27H30N6O5/c1-17-8-14-22(37-17)25(27(35)28-19-6-4-5-7-19)33(20-10-12-21(36-3)13-11-20)24(34)16-32-30-26(29-31-32)23-15-9-18(2)38-23/h8-15,19,25H,4-7,16H2,1-3H3,(H,28,35)/t25-/m1/s1. The lowest BCUT2D eigenvalue weighted by atomic mass is 10.1. The highest BCUT2D eigenvalue weighted by Crippen LogP contribution is 2.32. The molecule has 0 bridgehead atoms. The van der Waals surface area contributed by atoms with E-state index in [9.17, 15) is 9.59 Å². The molecule has 198 valence electrons. The molecule has 5 rings (SSSR count). The average Bonchev–Trinajstić information content (AvgIpc) is 3.72. The molecule has 1 aromatic carbocycles. The summed E-state index contributed by atoms with van der Waals surface area (Å²) >= 11 is 0. The fourth-order valence-electron chi connectivity index (χ4n) is 4.66. The first-order chi connectivity index (χ1) is 18.4. The number of carbonyl (C=O) groups is 2. The van der Waals surface area contributed by atoms with Crippen molar-refractivity contribution in [3.8, 4) is 17.3 Å². The third kappa shape index (κ3) is 5.46. The molecule has 0 unspecified atom stereocenters. The molecule has 2 amide bonds. The second-order valence-electron chi connectivity index (χ2n) is 9.36. The van der Waals surface area contributed by atoms with E-state index < -0.39 is 11.9 Å². The van der Waals surface area contributed by atoms with Gasteiger partial charge < -0.3 is 18.9 Å². The van der Waals surface area contributed by atoms with Crippen molar-refractivity contribution in [2.45, 2.75) is 58.2 Å². The third-order valence-corrected chi connectivity index (χ3v) is 6.55. The van der Waals surface area contributed by atoms with Crippen LogP contribution in [0.25, 0.3) is 11.6 Å². The van der Waals surface area contributed by atoms with E-state index in [1.54, 1.807) is 62.6 Å². The Kier molecular flexibility index (Phi) is 7.25. The number of aromatic nitrogens is 4. The van der Waals surface area contributed by atoms with Crippen molar-refractivity contribution in [2.75, 3.05) is 12.0 Å². The van der Waals surface area contributed by atoms with E-state index in [1.807, 2.05) is 6.92 Å². The van der Waals surface area contributed by atoms with Gasteiger partial charge in [0.05, 0.1) is 7.11 Å². The maximum absolute atomic E-state index is 13.9. The van der Waals surface area contributed by atoms with Crippen molar-refractivity contribution in [3.63, 3.8) is 0 Å². The summed E-state index contributed by atoms with van der Waals surface area (Å²) in [5.41, 5.74) is 0.499. The van der Waals surface area contributed by atoms with Crippen LogP contribution in [0.4, 0.5) is 5.69 Å². The number of hydrogen-bond donors (Lipinski definition) is 1. The number of tetrazole rings is 1. The topological polar surface area (TPSA) is 129 Å². The zero-order valence-corrected chi connectivity index (χ0v) is 21.6. The summed E-state index contributed by atoms with van der Waals surface area (Å²) in [5.74, 6) is 2.31. The van der Waals surface area contributed by atoms with E-state index in [-0.39, 0.29) is 24.3 Å². The highest BCUT2D eigenvalue weighted by Gasteiger charge is 2.37. The minimum Gasteiger partial charge on any atom is -0.497 e. The fourth-order valence-corrected chi connectivity index (χ4v) is 4.66. The molecule has 0 aliphatic heterocycles. The van der Waals surface area contributed by atoms with Crippen molar-refractivity contribution >= 4 is 17.5 Å². The van der Waals surface area contributed by atoms with E-state index in [1.165, 1.54) is 9.70 Å². The van der Waals surface area contributed by atoms with Gasteiger partial charge in [-0.05, 0) is 80.4 Å². The minimum atomic E-state index is -1.04. The summed E-state index contributed by atoms with van der Waals surface area (Å²) in [4.78, 5) is 30.2. The van der Waals surface area contributed by atoms with Gasteiger partial charge >= 0.3 is 0 Å². The van der Waals surface area contributed by atoms with Gasteiger partial charge in [0.15, 0.2) is 11.8 Å². The maximum atomic E-state index is 13.9. The first-order valence-electron chi connectivity index (χ1n) is 12.6. The van der Waals surface area contributed by atoms with Crippen molar-refractivity contribution in [3.05, 3.63) is 65.8 Å². The van der Waals surface area contributed by atoms with Gasteiger partial charge in [-0.3, -0.25) is 14.5 Å². The Morgan fingerprint density at radius 3 is 2.39 bits per heavy atom. The number of nitrogens with zero attached hydrogens (tertiary/aromatic N) is 5. The molecule has 11 nitrogen and oxygen atoms in total. The summed E-state index contributed by atoms with van der Waals surface area (Å²) in [6.07, 6.45) is 3.94. The number of carbonyl (C=O) groups excluding carboxylic acids is 2. The Labute approximate surface area is 219 Å². The van der Waals surface area contributed by atoms with E-state index in [0.29, 0.717) is 34.5 Å². The van der Waals surface area contributed by atoms with Crippen LogP contribution in [0, 0.1) is 13.8 Å². The molecule has 0 saturated heterocycles. The Balaban J connectivity index is 1.49. The van der Waals surface area contributed by atoms with Crippen LogP contribution in [0.1, 0.15) is 49.0 Å². The molecule has 0 spiro atoms. The van der Waals surface area contributed by atoms with Gasteiger partial charge in [0.25, 0.3) is 11.8 Å². The minimum absolute atomic E-state index is 0.0603. The quantitative estimate of drug-likeness (QED) is 0.352. The van der Waals surface area contributed by atoms with Crippen LogP contribution in [0.15, 0.2) is 57.4 Å². The number of furan rings is 2. The number of aryl methyl sites for hydroxylation is 2. The van der Waals surface area contributed by atoms with Crippen LogP contribution in [0.2, 0.25) is 0 Å². The molecular weight excluding hydrogens is 488 g/mol. The molecule has 1 aliphatic carbocycles. The number of ether oxygens (including phenoxy) is 1. The van der Waals surface area contributed by atoms with E-state index in [0.717, 1.165) is 25.7 Å². The van der Waals surface area contributed by atoms with Gasteiger partial charge in [-0.15, -0.1) is 10.2 Å². The van der Waals surface area contributed by atoms with Gasteiger partial charge in [-0.1, -0.05) is 12.8 Å². The van der Waals surface area contributed by atoms with E-state index in [2.05, 4.69) is 20.7 Å².